The summed E-state index contributed by atoms with van der Waals surface area (Å²) in [6, 6.07) is 16.2. The first-order chi connectivity index (χ1) is 10.8. The molecule has 0 unspecified atom stereocenters. The minimum Gasteiger partial charge on any atom is -0.486 e. The molecule has 0 atom stereocenters. The summed E-state index contributed by atoms with van der Waals surface area (Å²) in [5, 5.41) is 0. The molecule has 0 radical (unpaired) electrons. The number of benzene rings is 2. The van der Waals surface area contributed by atoms with Crippen molar-refractivity contribution in [2.75, 3.05) is 0 Å². The first-order valence-electron chi connectivity index (χ1n) is 8.18. The maximum absolute atomic E-state index is 12.5. The van der Waals surface area contributed by atoms with Gasteiger partial charge in [-0.2, -0.15) is 0 Å². The number of ketones is 1. The van der Waals surface area contributed by atoms with E-state index in [-0.39, 0.29) is 11.4 Å². The molecule has 0 bridgehead atoms. The normalized spacial score (nSPS) is 19.5. The molecule has 112 valence electrons. The molecule has 2 heteroatoms. The van der Waals surface area contributed by atoms with Crippen molar-refractivity contribution in [1.82, 2.24) is 0 Å². The van der Waals surface area contributed by atoms with E-state index in [0.717, 1.165) is 35.3 Å². The van der Waals surface area contributed by atoms with E-state index in [4.69, 9.17) is 4.74 Å². The van der Waals surface area contributed by atoms with Crippen LogP contribution in [0.25, 0.3) is 11.1 Å². The molecule has 1 saturated carbocycles. The molecule has 1 fully saturated rings. The van der Waals surface area contributed by atoms with Crippen LogP contribution in [-0.2, 0) is 0 Å². The quantitative estimate of drug-likeness (QED) is 0.737. The maximum Gasteiger partial charge on any atom is 0.170 e. The Morgan fingerprint density at radius 1 is 0.864 bits per heavy atom. The lowest BCUT2D eigenvalue weighted by Gasteiger charge is -2.40. The van der Waals surface area contributed by atoms with Gasteiger partial charge in [0.15, 0.2) is 5.78 Å². The highest BCUT2D eigenvalue weighted by Gasteiger charge is 2.41. The summed E-state index contributed by atoms with van der Waals surface area (Å²) in [6.45, 7) is 0. The monoisotopic (exact) mass is 292 g/mol. The fraction of sp³-hybridized carbons (Fsp3) is 0.350. The Bertz CT molecular complexity index is 697. The molecule has 2 aromatic rings. The fourth-order valence-corrected chi connectivity index (χ4v) is 3.78. The number of carbonyl (C=O) groups excluding carboxylic acids is 1. The number of Topliss-reactive ketones (excluding diaryl/α,β-unsaturated/α-hetero) is 1. The molecular weight excluding hydrogens is 272 g/mol. The fourth-order valence-electron chi connectivity index (χ4n) is 3.78. The first kappa shape index (κ1) is 13.6. The molecule has 2 aliphatic rings. The summed E-state index contributed by atoms with van der Waals surface area (Å²) >= 11 is 0. The van der Waals surface area contributed by atoms with Crippen LogP contribution in [-0.4, -0.2) is 11.4 Å². The van der Waals surface area contributed by atoms with Gasteiger partial charge in [0.25, 0.3) is 0 Å². The van der Waals surface area contributed by atoms with Crippen LogP contribution in [0.3, 0.4) is 0 Å². The number of rotatable bonds is 1. The van der Waals surface area contributed by atoms with Gasteiger partial charge < -0.3 is 4.74 Å². The minimum atomic E-state index is -0.238. The molecule has 0 amide bonds. The molecule has 2 aromatic carbocycles. The van der Waals surface area contributed by atoms with E-state index in [1.807, 2.05) is 36.4 Å². The summed E-state index contributed by atoms with van der Waals surface area (Å²) < 4.78 is 6.37. The van der Waals surface area contributed by atoms with Crippen LogP contribution in [0.4, 0.5) is 0 Å². The van der Waals surface area contributed by atoms with E-state index in [2.05, 4.69) is 12.1 Å². The standard InChI is InChI=1S/C20H20O2/c21-18-14-20(11-5-2-6-12-20)22-19-13-16(9-10-17(18)19)15-7-3-1-4-8-15/h1,3-4,7-10,13H,2,5-6,11-12,14H2. The molecule has 2 nitrogen and oxygen atoms in total. The lowest BCUT2D eigenvalue weighted by atomic mass is 9.78. The number of hydrogen-bond acceptors (Lipinski definition) is 2. The third-order valence-corrected chi connectivity index (χ3v) is 4.96. The largest absolute Gasteiger partial charge is 0.486 e. The Morgan fingerprint density at radius 3 is 2.41 bits per heavy atom. The number of ether oxygens (including phenoxy) is 1. The smallest absolute Gasteiger partial charge is 0.170 e. The lowest BCUT2D eigenvalue weighted by molar-refractivity contribution is 0.0137. The third kappa shape index (κ3) is 2.33. The third-order valence-electron chi connectivity index (χ3n) is 4.96. The average molecular weight is 292 g/mol. The average Bonchev–Trinajstić information content (AvgIpc) is 2.56. The number of fused-ring (bicyclic) bond motifs is 1. The summed E-state index contributed by atoms with van der Waals surface area (Å²) in [5.74, 6) is 1.02. The lowest BCUT2D eigenvalue weighted by Crippen LogP contribution is -2.43. The summed E-state index contributed by atoms with van der Waals surface area (Å²) in [7, 11) is 0. The molecular formula is C20H20O2. The Balaban J connectivity index is 1.73. The van der Waals surface area contributed by atoms with Crippen molar-refractivity contribution < 1.29 is 9.53 Å². The SMILES string of the molecule is O=C1CC2(CCCCC2)Oc2cc(-c3ccccc3)ccc21. The predicted molar refractivity (Wildman–Crippen MR) is 87.3 cm³/mol. The van der Waals surface area contributed by atoms with E-state index in [9.17, 15) is 4.79 Å². The van der Waals surface area contributed by atoms with E-state index in [1.165, 1.54) is 19.3 Å². The van der Waals surface area contributed by atoms with E-state index in [1.54, 1.807) is 0 Å². The molecule has 1 aliphatic heterocycles. The van der Waals surface area contributed by atoms with Crippen molar-refractivity contribution in [2.24, 2.45) is 0 Å². The van der Waals surface area contributed by atoms with Crippen molar-refractivity contribution in [3.8, 4) is 16.9 Å². The van der Waals surface area contributed by atoms with Crippen LogP contribution in [0.15, 0.2) is 48.5 Å². The van der Waals surface area contributed by atoms with Gasteiger partial charge >= 0.3 is 0 Å². The summed E-state index contributed by atoms with van der Waals surface area (Å²) in [6.07, 6.45) is 6.16. The zero-order valence-electron chi connectivity index (χ0n) is 12.7. The van der Waals surface area contributed by atoms with Crippen LogP contribution in [0, 0.1) is 0 Å². The molecule has 4 rings (SSSR count). The highest BCUT2D eigenvalue weighted by atomic mass is 16.5. The Hall–Kier alpha value is -2.09. The van der Waals surface area contributed by atoms with Crippen molar-refractivity contribution in [3.05, 3.63) is 54.1 Å². The van der Waals surface area contributed by atoms with Gasteiger partial charge in [-0.15, -0.1) is 0 Å². The van der Waals surface area contributed by atoms with Gasteiger partial charge in [0.2, 0.25) is 0 Å². The van der Waals surface area contributed by atoms with Crippen LogP contribution in [0.2, 0.25) is 0 Å². The second-order valence-corrected chi connectivity index (χ2v) is 6.52. The van der Waals surface area contributed by atoms with Gasteiger partial charge in [-0.25, -0.2) is 0 Å². The molecule has 1 heterocycles. The molecule has 0 N–H and O–H groups in total. The zero-order chi connectivity index (χ0) is 15.0. The Labute approximate surface area is 131 Å². The molecule has 1 spiro atoms. The number of hydrogen-bond donors (Lipinski definition) is 0. The van der Waals surface area contributed by atoms with Crippen LogP contribution in [0.5, 0.6) is 5.75 Å². The topological polar surface area (TPSA) is 26.3 Å². The Morgan fingerprint density at radius 2 is 1.64 bits per heavy atom. The van der Waals surface area contributed by atoms with Gasteiger partial charge in [-0.1, -0.05) is 42.8 Å². The molecule has 22 heavy (non-hydrogen) atoms. The molecule has 0 saturated heterocycles. The van der Waals surface area contributed by atoms with Crippen LogP contribution >= 0.6 is 0 Å². The second-order valence-electron chi connectivity index (χ2n) is 6.52. The summed E-state index contributed by atoms with van der Waals surface area (Å²) in [5.41, 5.74) is 2.78. The summed E-state index contributed by atoms with van der Waals surface area (Å²) in [4.78, 5) is 12.5. The van der Waals surface area contributed by atoms with E-state index >= 15 is 0 Å². The zero-order valence-corrected chi connectivity index (χ0v) is 12.7. The van der Waals surface area contributed by atoms with Gasteiger partial charge in [0.05, 0.1) is 12.0 Å². The van der Waals surface area contributed by atoms with Gasteiger partial charge in [0.1, 0.15) is 11.4 Å². The van der Waals surface area contributed by atoms with Crippen molar-refractivity contribution >= 4 is 5.78 Å². The van der Waals surface area contributed by atoms with Gasteiger partial charge in [-0.05, 0) is 48.9 Å². The maximum atomic E-state index is 12.5. The van der Waals surface area contributed by atoms with Crippen LogP contribution in [0.1, 0.15) is 48.9 Å². The highest BCUT2D eigenvalue weighted by molar-refractivity contribution is 6.01. The van der Waals surface area contributed by atoms with E-state index < -0.39 is 0 Å². The van der Waals surface area contributed by atoms with Gasteiger partial charge in [0, 0.05) is 0 Å². The number of carbonyl (C=O) groups is 1. The minimum absolute atomic E-state index is 0.238. The first-order valence-corrected chi connectivity index (χ1v) is 8.18. The highest BCUT2D eigenvalue weighted by Crippen LogP contribution is 2.42. The van der Waals surface area contributed by atoms with Crippen molar-refractivity contribution in [1.29, 1.82) is 0 Å². The van der Waals surface area contributed by atoms with Crippen molar-refractivity contribution in [2.45, 2.75) is 44.1 Å². The second kappa shape index (κ2) is 5.28. The Kier molecular flexibility index (Phi) is 3.25. The van der Waals surface area contributed by atoms with Crippen molar-refractivity contribution in [3.63, 3.8) is 0 Å². The van der Waals surface area contributed by atoms with Crippen LogP contribution < -0.4 is 4.74 Å². The van der Waals surface area contributed by atoms with Gasteiger partial charge in [-0.3, -0.25) is 4.79 Å². The molecule has 1 aliphatic carbocycles. The predicted octanol–water partition coefficient (Wildman–Crippen LogP) is 5.02. The van der Waals surface area contributed by atoms with E-state index in [0.29, 0.717) is 6.42 Å². The molecule has 0 aromatic heterocycles.